The summed E-state index contributed by atoms with van der Waals surface area (Å²) in [6.07, 6.45) is -1.22. The van der Waals surface area contributed by atoms with E-state index in [0.29, 0.717) is 19.6 Å². The van der Waals surface area contributed by atoms with E-state index in [2.05, 4.69) is 20.6 Å². The summed E-state index contributed by atoms with van der Waals surface area (Å²) in [5.74, 6) is -0.149. The molecule has 0 aliphatic heterocycles. The number of nitrogens with one attached hydrogen (secondary N) is 2. The zero-order valence-corrected chi connectivity index (χ0v) is 13.4. The number of carbonyl (C=O) groups is 1. The largest absolute Gasteiger partial charge is 0.416 e. The van der Waals surface area contributed by atoms with Gasteiger partial charge >= 0.3 is 6.18 Å². The molecule has 1 aromatic carbocycles. The SMILES string of the molecule is COCCCNC(=O)c1cnc(Nc2cccc(C(F)(F)F)c2)cn1. The van der Waals surface area contributed by atoms with Crippen molar-refractivity contribution in [2.45, 2.75) is 12.6 Å². The van der Waals surface area contributed by atoms with Crippen LogP contribution < -0.4 is 10.6 Å². The molecule has 0 atom stereocenters. The molecule has 2 N–H and O–H groups in total. The fourth-order valence-corrected chi connectivity index (χ4v) is 1.94. The number of methoxy groups -OCH3 is 1. The van der Waals surface area contributed by atoms with Gasteiger partial charge in [-0.1, -0.05) is 6.07 Å². The molecule has 134 valence electrons. The number of benzene rings is 1. The van der Waals surface area contributed by atoms with Gasteiger partial charge in [-0.3, -0.25) is 4.79 Å². The molecular weight excluding hydrogens is 337 g/mol. The van der Waals surface area contributed by atoms with E-state index in [-0.39, 0.29) is 23.1 Å². The van der Waals surface area contributed by atoms with Crippen LogP contribution in [-0.4, -0.2) is 36.1 Å². The standard InChI is InChI=1S/C16H17F3N4O2/c1-25-7-3-6-20-15(24)13-9-22-14(10-21-13)23-12-5-2-4-11(8-12)16(17,18)19/h2,4-5,8-10H,3,6-7H2,1H3,(H,20,24)(H,22,23). The third-order valence-corrected chi connectivity index (χ3v) is 3.16. The summed E-state index contributed by atoms with van der Waals surface area (Å²) in [5, 5.41) is 5.38. The Balaban J connectivity index is 1.97. The summed E-state index contributed by atoms with van der Waals surface area (Å²) >= 11 is 0. The summed E-state index contributed by atoms with van der Waals surface area (Å²) in [6.45, 7) is 0.977. The van der Waals surface area contributed by atoms with Crippen molar-refractivity contribution in [3.05, 3.63) is 47.9 Å². The minimum Gasteiger partial charge on any atom is -0.385 e. The lowest BCUT2D eigenvalue weighted by Gasteiger charge is -2.10. The van der Waals surface area contributed by atoms with Crippen LogP contribution in [0.4, 0.5) is 24.7 Å². The first-order chi connectivity index (χ1) is 11.9. The van der Waals surface area contributed by atoms with E-state index < -0.39 is 11.7 Å². The van der Waals surface area contributed by atoms with Gasteiger partial charge in [-0.2, -0.15) is 13.2 Å². The van der Waals surface area contributed by atoms with Crippen molar-refractivity contribution in [3.8, 4) is 0 Å². The number of carbonyl (C=O) groups excluding carboxylic acids is 1. The van der Waals surface area contributed by atoms with Crippen molar-refractivity contribution in [1.29, 1.82) is 0 Å². The maximum atomic E-state index is 12.7. The Morgan fingerprint density at radius 3 is 2.68 bits per heavy atom. The molecule has 25 heavy (non-hydrogen) atoms. The minimum atomic E-state index is -4.42. The molecule has 1 amide bonds. The highest BCUT2D eigenvalue weighted by molar-refractivity contribution is 5.92. The highest BCUT2D eigenvalue weighted by Gasteiger charge is 2.30. The van der Waals surface area contributed by atoms with Crippen LogP contribution >= 0.6 is 0 Å². The predicted molar refractivity (Wildman–Crippen MR) is 85.6 cm³/mol. The lowest BCUT2D eigenvalue weighted by Crippen LogP contribution is -2.26. The number of anilines is 2. The normalized spacial score (nSPS) is 11.2. The molecule has 0 fully saturated rings. The lowest BCUT2D eigenvalue weighted by molar-refractivity contribution is -0.137. The summed E-state index contributed by atoms with van der Waals surface area (Å²) in [6, 6.07) is 4.72. The second kappa shape index (κ2) is 8.43. The van der Waals surface area contributed by atoms with Gasteiger partial charge in [-0.05, 0) is 24.6 Å². The number of aromatic nitrogens is 2. The number of hydrogen-bond acceptors (Lipinski definition) is 5. The van der Waals surface area contributed by atoms with Gasteiger partial charge < -0.3 is 15.4 Å². The Kier molecular flexibility index (Phi) is 6.29. The Bertz CT molecular complexity index is 705. The smallest absolute Gasteiger partial charge is 0.385 e. The number of nitrogens with zero attached hydrogens (tertiary/aromatic N) is 2. The Morgan fingerprint density at radius 2 is 2.04 bits per heavy atom. The second-order valence-electron chi connectivity index (χ2n) is 5.09. The van der Waals surface area contributed by atoms with Gasteiger partial charge in [-0.15, -0.1) is 0 Å². The Labute approximate surface area is 142 Å². The highest BCUT2D eigenvalue weighted by Crippen LogP contribution is 2.31. The average molecular weight is 354 g/mol. The fraction of sp³-hybridized carbons (Fsp3) is 0.312. The van der Waals surface area contributed by atoms with E-state index in [0.717, 1.165) is 12.1 Å². The number of rotatable bonds is 7. The van der Waals surface area contributed by atoms with Gasteiger partial charge in [0, 0.05) is 25.9 Å². The van der Waals surface area contributed by atoms with Crippen LogP contribution in [0.3, 0.4) is 0 Å². The van der Waals surface area contributed by atoms with E-state index in [1.165, 1.54) is 24.5 Å². The molecule has 0 saturated carbocycles. The minimum absolute atomic E-state index is 0.118. The zero-order valence-electron chi connectivity index (χ0n) is 13.4. The first-order valence-corrected chi connectivity index (χ1v) is 7.43. The van der Waals surface area contributed by atoms with Gasteiger partial charge in [0.25, 0.3) is 5.91 Å². The van der Waals surface area contributed by atoms with Crippen molar-refractivity contribution in [2.24, 2.45) is 0 Å². The maximum Gasteiger partial charge on any atom is 0.416 e. The van der Waals surface area contributed by atoms with Crippen molar-refractivity contribution >= 4 is 17.4 Å². The third kappa shape index (κ3) is 5.71. The van der Waals surface area contributed by atoms with Crippen LogP contribution in [0.1, 0.15) is 22.5 Å². The molecule has 0 radical (unpaired) electrons. The highest BCUT2D eigenvalue weighted by atomic mass is 19.4. The molecule has 0 unspecified atom stereocenters. The van der Waals surface area contributed by atoms with E-state index in [9.17, 15) is 18.0 Å². The zero-order chi connectivity index (χ0) is 18.3. The summed E-state index contributed by atoms with van der Waals surface area (Å²) in [4.78, 5) is 19.8. The first kappa shape index (κ1) is 18.7. The molecule has 0 aliphatic carbocycles. The number of ether oxygens (including phenoxy) is 1. The summed E-state index contributed by atoms with van der Waals surface area (Å²) in [7, 11) is 1.57. The second-order valence-corrected chi connectivity index (χ2v) is 5.09. The van der Waals surface area contributed by atoms with Gasteiger partial charge in [0.2, 0.25) is 0 Å². The molecule has 2 aromatic rings. The molecule has 0 bridgehead atoms. The van der Waals surface area contributed by atoms with E-state index >= 15 is 0 Å². The fourth-order valence-electron chi connectivity index (χ4n) is 1.94. The summed E-state index contributed by atoms with van der Waals surface area (Å²) < 4.78 is 42.9. The molecule has 0 aliphatic rings. The summed E-state index contributed by atoms with van der Waals surface area (Å²) in [5.41, 5.74) is -0.426. The molecule has 9 heteroatoms. The third-order valence-electron chi connectivity index (χ3n) is 3.16. The van der Waals surface area contributed by atoms with Crippen molar-refractivity contribution in [3.63, 3.8) is 0 Å². The molecule has 0 saturated heterocycles. The first-order valence-electron chi connectivity index (χ1n) is 7.43. The predicted octanol–water partition coefficient (Wildman–Crippen LogP) is 3.01. The maximum absolute atomic E-state index is 12.7. The molecule has 1 aromatic heterocycles. The molecule has 2 rings (SSSR count). The van der Waals surface area contributed by atoms with E-state index in [1.807, 2.05) is 0 Å². The van der Waals surface area contributed by atoms with Crippen molar-refractivity contribution < 1.29 is 22.7 Å². The topological polar surface area (TPSA) is 76.1 Å². The number of halogens is 3. The Morgan fingerprint density at radius 1 is 1.24 bits per heavy atom. The number of amides is 1. The molecular formula is C16H17F3N4O2. The van der Waals surface area contributed by atoms with Gasteiger partial charge in [-0.25, -0.2) is 9.97 Å². The van der Waals surface area contributed by atoms with Crippen molar-refractivity contribution in [1.82, 2.24) is 15.3 Å². The van der Waals surface area contributed by atoms with Gasteiger partial charge in [0.05, 0.1) is 18.0 Å². The number of alkyl halides is 3. The van der Waals surface area contributed by atoms with Crippen LogP contribution in [-0.2, 0) is 10.9 Å². The van der Waals surface area contributed by atoms with Crippen LogP contribution in [0.5, 0.6) is 0 Å². The van der Waals surface area contributed by atoms with E-state index in [1.54, 1.807) is 7.11 Å². The van der Waals surface area contributed by atoms with Gasteiger partial charge in [0.1, 0.15) is 11.5 Å². The van der Waals surface area contributed by atoms with Crippen LogP contribution in [0.2, 0.25) is 0 Å². The van der Waals surface area contributed by atoms with Crippen LogP contribution in [0.25, 0.3) is 0 Å². The molecule has 0 spiro atoms. The number of hydrogen-bond donors (Lipinski definition) is 2. The van der Waals surface area contributed by atoms with Crippen LogP contribution in [0.15, 0.2) is 36.7 Å². The molecule has 6 nitrogen and oxygen atoms in total. The van der Waals surface area contributed by atoms with Gasteiger partial charge in [0.15, 0.2) is 0 Å². The van der Waals surface area contributed by atoms with E-state index in [4.69, 9.17) is 4.74 Å². The Hall–Kier alpha value is -2.68. The monoisotopic (exact) mass is 354 g/mol. The van der Waals surface area contributed by atoms with Crippen molar-refractivity contribution in [2.75, 3.05) is 25.6 Å². The van der Waals surface area contributed by atoms with Crippen LogP contribution in [0, 0.1) is 0 Å². The lowest BCUT2D eigenvalue weighted by atomic mass is 10.2. The molecule has 1 heterocycles. The quantitative estimate of drug-likeness (QED) is 0.748. The average Bonchev–Trinajstić information content (AvgIpc) is 2.59.